The molecule has 0 aliphatic carbocycles. The number of nitrogens with two attached hydrogens (primary N) is 1. The Balaban J connectivity index is 1.96. The van der Waals surface area contributed by atoms with Crippen LogP contribution in [0.3, 0.4) is 0 Å². The van der Waals surface area contributed by atoms with Crippen molar-refractivity contribution in [3.05, 3.63) is 18.0 Å². The van der Waals surface area contributed by atoms with Gasteiger partial charge in [0.1, 0.15) is 0 Å². The van der Waals surface area contributed by atoms with E-state index in [-0.39, 0.29) is 12.3 Å². The second-order valence-corrected chi connectivity index (χ2v) is 4.61. The van der Waals surface area contributed by atoms with Crippen molar-refractivity contribution in [2.45, 2.75) is 19.3 Å². The van der Waals surface area contributed by atoms with E-state index in [0.717, 1.165) is 29.8 Å². The van der Waals surface area contributed by atoms with Gasteiger partial charge in [-0.1, -0.05) is 0 Å². The first kappa shape index (κ1) is 11.0. The largest absolute Gasteiger partial charge is 0.369 e. The van der Waals surface area contributed by atoms with Crippen molar-refractivity contribution >= 4 is 22.6 Å². The SMILES string of the molecule is NC(=O)Cc1cc2[nH]nc(N3CCCC3)c2cn1. The van der Waals surface area contributed by atoms with Gasteiger partial charge in [-0.25, -0.2) is 0 Å². The zero-order valence-electron chi connectivity index (χ0n) is 10.0. The van der Waals surface area contributed by atoms with E-state index in [1.165, 1.54) is 12.8 Å². The van der Waals surface area contributed by atoms with Crippen LogP contribution in [-0.4, -0.2) is 34.2 Å². The number of nitrogens with zero attached hydrogens (tertiary/aromatic N) is 3. The fourth-order valence-corrected chi connectivity index (χ4v) is 2.39. The van der Waals surface area contributed by atoms with Crippen molar-refractivity contribution < 1.29 is 4.79 Å². The summed E-state index contributed by atoms with van der Waals surface area (Å²) in [5.41, 5.74) is 6.74. The number of fused-ring (bicyclic) bond motifs is 1. The summed E-state index contributed by atoms with van der Waals surface area (Å²) in [4.78, 5) is 17.4. The summed E-state index contributed by atoms with van der Waals surface area (Å²) < 4.78 is 0. The zero-order chi connectivity index (χ0) is 12.5. The number of carbonyl (C=O) groups is 1. The van der Waals surface area contributed by atoms with Crippen molar-refractivity contribution in [1.82, 2.24) is 15.2 Å². The van der Waals surface area contributed by atoms with Crippen LogP contribution in [0, 0.1) is 0 Å². The predicted octanol–water partition coefficient (Wildman–Crippen LogP) is 0.586. The molecule has 3 heterocycles. The third-order valence-electron chi connectivity index (χ3n) is 3.24. The number of primary amides is 1. The van der Waals surface area contributed by atoms with E-state index in [1.54, 1.807) is 6.20 Å². The Morgan fingerprint density at radius 2 is 2.22 bits per heavy atom. The standard InChI is InChI=1S/C12H15N5O/c13-11(18)6-8-5-10-9(7-14-8)12(16-15-10)17-3-1-2-4-17/h5,7H,1-4,6H2,(H2,13,18)(H,15,16). The molecule has 1 fully saturated rings. The van der Waals surface area contributed by atoms with E-state index in [0.29, 0.717) is 5.69 Å². The zero-order valence-corrected chi connectivity index (χ0v) is 10.0. The molecule has 0 bridgehead atoms. The molecule has 1 saturated heterocycles. The topological polar surface area (TPSA) is 87.9 Å². The van der Waals surface area contributed by atoms with Crippen molar-refractivity contribution in [3.8, 4) is 0 Å². The lowest BCUT2D eigenvalue weighted by Crippen LogP contribution is -2.18. The van der Waals surface area contributed by atoms with Gasteiger partial charge in [-0.05, 0) is 18.9 Å². The molecule has 94 valence electrons. The summed E-state index contributed by atoms with van der Waals surface area (Å²) in [6, 6.07) is 1.84. The number of aromatic amines is 1. The number of amides is 1. The number of pyridine rings is 1. The van der Waals surface area contributed by atoms with E-state index >= 15 is 0 Å². The minimum atomic E-state index is -0.374. The molecule has 6 nitrogen and oxygen atoms in total. The maximum atomic E-state index is 10.9. The van der Waals surface area contributed by atoms with Gasteiger partial charge >= 0.3 is 0 Å². The Hall–Kier alpha value is -2.11. The van der Waals surface area contributed by atoms with Gasteiger partial charge in [-0.15, -0.1) is 0 Å². The van der Waals surface area contributed by atoms with Gasteiger partial charge in [0, 0.05) is 19.3 Å². The predicted molar refractivity (Wildman–Crippen MR) is 68.2 cm³/mol. The highest BCUT2D eigenvalue weighted by molar-refractivity contribution is 5.90. The lowest BCUT2D eigenvalue weighted by atomic mass is 10.2. The van der Waals surface area contributed by atoms with Gasteiger partial charge in [-0.3, -0.25) is 14.9 Å². The smallest absolute Gasteiger partial charge is 0.223 e. The molecule has 3 N–H and O–H groups in total. The summed E-state index contributed by atoms with van der Waals surface area (Å²) in [5, 5.41) is 8.34. The Morgan fingerprint density at radius 3 is 2.94 bits per heavy atom. The second-order valence-electron chi connectivity index (χ2n) is 4.61. The molecule has 2 aromatic rings. The van der Waals surface area contributed by atoms with Crippen LogP contribution in [0.5, 0.6) is 0 Å². The molecule has 0 saturated carbocycles. The molecule has 1 amide bonds. The van der Waals surface area contributed by atoms with Crippen LogP contribution in [-0.2, 0) is 11.2 Å². The molecular weight excluding hydrogens is 230 g/mol. The lowest BCUT2D eigenvalue weighted by molar-refractivity contribution is -0.117. The molecule has 2 aromatic heterocycles. The van der Waals surface area contributed by atoms with Gasteiger partial charge in [0.05, 0.1) is 23.0 Å². The number of rotatable bonds is 3. The molecule has 0 unspecified atom stereocenters. The van der Waals surface area contributed by atoms with E-state index < -0.39 is 0 Å². The maximum absolute atomic E-state index is 10.9. The quantitative estimate of drug-likeness (QED) is 0.828. The summed E-state index contributed by atoms with van der Waals surface area (Å²) in [6.07, 6.45) is 4.35. The van der Waals surface area contributed by atoms with Crippen LogP contribution in [0.15, 0.2) is 12.3 Å². The van der Waals surface area contributed by atoms with Gasteiger partial charge < -0.3 is 10.6 Å². The van der Waals surface area contributed by atoms with Crippen LogP contribution < -0.4 is 10.6 Å². The third kappa shape index (κ3) is 1.90. The van der Waals surface area contributed by atoms with Gasteiger partial charge in [0.15, 0.2) is 5.82 Å². The molecular formula is C12H15N5O. The van der Waals surface area contributed by atoms with Crippen LogP contribution in [0.25, 0.3) is 10.9 Å². The highest BCUT2D eigenvalue weighted by Gasteiger charge is 2.18. The lowest BCUT2D eigenvalue weighted by Gasteiger charge is -2.13. The normalized spacial score (nSPS) is 15.4. The molecule has 0 atom stereocenters. The fraction of sp³-hybridized carbons (Fsp3) is 0.417. The van der Waals surface area contributed by atoms with Gasteiger partial charge in [0.25, 0.3) is 0 Å². The van der Waals surface area contributed by atoms with Crippen molar-refractivity contribution in [2.75, 3.05) is 18.0 Å². The highest BCUT2D eigenvalue weighted by Crippen LogP contribution is 2.26. The van der Waals surface area contributed by atoms with Crippen LogP contribution in [0.2, 0.25) is 0 Å². The Labute approximate surface area is 104 Å². The summed E-state index contributed by atoms with van der Waals surface area (Å²) in [5.74, 6) is 0.585. The fourth-order valence-electron chi connectivity index (χ4n) is 2.39. The molecule has 0 spiro atoms. The average Bonchev–Trinajstić information content (AvgIpc) is 2.94. The molecule has 1 aliphatic heterocycles. The highest BCUT2D eigenvalue weighted by atomic mass is 16.1. The third-order valence-corrected chi connectivity index (χ3v) is 3.24. The minimum absolute atomic E-state index is 0.161. The number of aromatic nitrogens is 3. The Bertz CT molecular complexity index is 585. The number of nitrogens with one attached hydrogen (secondary N) is 1. The molecule has 6 heteroatoms. The monoisotopic (exact) mass is 245 g/mol. The summed E-state index contributed by atoms with van der Waals surface area (Å²) in [6.45, 7) is 2.09. The molecule has 18 heavy (non-hydrogen) atoms. The van der Waals surface area contributed by atoms with Crippen LogP contribution in [0.4, 0.5) is 5.82 Å². The average molecular weight is 245 g/mol. The molecule has 1 aliphatic rings. The summed E-state index contributed by atoms with van der Waals surface area (Å²) in [7, 11) is 0. The van der Waals surface area contributed by atoms with E-state index in [4.69, 9.17) is 5.73 Å². The van der Waals surface area contributed by atoms with Crippen molar-refractivity contribution in [1.29, 1.82) is 0 Å². The number of hydrogen-bond donors (Lipinski definition) is 2. The Kier molecular flexibility index (Phi) is 2.62. The number of anilines is 1. The second kappa shape index (κ2) is 4.29. The number of hydrogen-bond acceptors (Lipinski definition) is 4. The Morgan fingerprint density at radius 1 is 1.44 bits per heavy atom. The summed E-state index contributed by atoms with van der Waals surface area (Å²) >= 11 is 0. The van der Waals surface area contributed by atoms with Gasteiger partial charge in [0.2, 0.25) is 5.91 Å². The number of H-pyrrole nitrogens is 1. The first-order valence-corrected chi connectivity index (χ1v) is 6.10. The van der Waals surface area contributed by atoms with Crippen LogP contribution in [0.1, 0.15) is 18.5 Å². The number of carbonyl (C=O) groups excluding carboxylic acids is 1. The minimum Gasteiger partial charge on any atom is -0.369 e. The molecule has 3 rings (SSSR count). The van der Waals surface area contributed by atoms with Gasteiger partial charge in [-0.2, -0.15) is 5.10 Å². The molecule has 0 radical (unpaired) electrons. The van der Waals surface area contributed by atoms with E-state index in [1.807, 2.05) is 6.07 Å². The maximum Gasteiger partial charge on any atom is 0.223 e. The van der Waals surface area contributed by atoms with Crippen molar-refractivity contribution in [2.24, 2.45) is 5.73 Å². The van der Waals surface area contributed by atoms with E-state index in [2.05, 4.69) is 20.1 Å². The first-order valence-electron chi connectivity index (χ1n) is 6.10. The van der Waals surface area contributed by atoms with E-state index in [9.17, 15) is 4.79 Å². The molecule has 0 aromatic carbocycles. The first-order chi connectivity index (χ1) is 8.74. The van der Waals surface area contributed by atoms with Crippen molar-refractivity contribution in [3.63, 3.8) is 0 Å². The van der Waals surface area contributed by atoms with Crippen LogP contribution >= 0.6 is 0 Å².